The Morgan fingerprint density at radius 2 is 2.13 bits per heavy atom. The number of methoxy groups -OCH3 is 2. The van der Waals surface area contributed by atoms with E-state index in [1.165, 1.54) is 24.0 Å². The maximum atomic E-state index is 5.33. The van der Waals surface area contributed by atoms with E-state index in [4.69, 9.17) is 9.47 Å². The Morgan fingerprint density at radius 3 is 2.65 bits per heavy atom. The van der Waals surface area contributed by atoms with Crippen molar-refractivity contribution < 1.29 is 9.47 Å². The summed E-state index contributed by atoms with van der Waals surface area (Å²) in [5.74, 6) is 0.549. The fourth-order valence-corrected chi connectivity index (χ4v) is 3.29. The third kappa shape index (κ3) is 3.74. The van der Waals surface area contributed by atoms with E-state index < -0.39 is 0 Å². The van der Waals surface area contributed by atoms with Crippen LogP contribution in [0.1, 0.15) is 58.1 Å². The minimum absolute atomic E-state index is 0.0664. The van der Waals surface area contributed by atoms with E-state index in [9.17, 15) is 0 Å². The van der Waals surface area contributed by atoms with Crippen molar-refractivity contribution in [2.75, 3.05) is 14.2 Å². The Morgan fingerprint density at radius 1 is 1.35 bits per heavy atom. The first-order valence-electron chi connectivity index (χ1n) is 8.37. The number of hydrogen-bond donors (Lipinski definition) is 0. The molecule has 1 atom stereocenters. The van der Waals surface area contributed by atoms with Gasteiger partial charge in [0.2, 0.25) is 5.88 Å². The van der Waals surface area contributed by atoms with Gasteiger partial charge in [-0.05, 0) is 32.6 Å². The lowest BCUT2D eigenvalue weighted by Crippen LogP contribution is -2.38. The van der Waals surface area contributed by atoms with Crippen LogP contribution in [-0.4, -0.2) is 24.2 Å². The van der Waals surface area contributed by atoms with Gasteiger partial charge in [0.25, 0.3) is 0 Å². The molecule has 23 heavy (non-hydrogen) atoms. The predicted octanol–water partition coefficient (Wildman–Crippen LogP) is 4.61. The summed E-state index contributed by atoms with van der Waals surface area (Å²) in [4.78, 5) is 8.85. The van der Waals surface area contributed by atoms with Gasteiger partial charge >= 0.3 is 6.01 Å². The summed E-state index contributed by atoms with van der Waals surface area (Å²) >= 11 is 0. The number of hydrogen-bond acceptors (Lipinski definition) is 4. The van der Waals surface area contributed by atoms with Crippen LogP contribution in [0.5, 0.6) is 11.9 Å². The highest BCUT2D eigenvalue weighted by atomic mass is 16.5. The zero-order valence-electron chi connectivity index (χ0n) is 14.8. The number of unbranched alkanes of at least 4 members (excludes halogenated alkanes) is 2. The fourth-order valence-electron chi connectivity index (χ4n) is 3.29. The van der Waals surface area contributed by atoms with Crippen molar-refractivity contribution in [3.63, 3.8) is 0 Å². The summed E-state index contributed by atoms with van der Waals surface area (Å²) in [6, 6.07) is 2.30. The number of nitrogens with zero attached hydrogens (tertiary/aromatic N) is 2. The van der Waals surface area contributed by atoms with Crippen LogP contribution in [0.4, 0.5) is 0 Å². The second-order valence-electron chi connectivity index (χ2n) is 6.37. The first-order valence-corrected chi connectivity index (χ1v) is 8.37. The van der Waals surface area contributed by atoms with Crippen LogP contribution in [0, 0.1) is 0 Å². The lowest BCUT2D eigenvalue weighted by atomic mass is 9.59. The molecule has 126 valence electrons. The zero-order chi connectivity index (χ0) is 16.9. The number of aromatic nitrogens is 2. The maximum absolute atomic E-state index is 5.33. The van der Waals surface area contributed by atoms with Gasteiger partial charge in [0, 0.05) is 11.5 Å². The molecule has 0 bridgehead atoms. The van der Waals surface area contributed by atoms with E-state index in [1.54, 1.807) is 14.2 Å². The van der Waals surface area contributed by atoms with Crippen molar-refractivity contribution in [3.05, 3.63) is 35.6 Å². The van der Waals surface area contributed by atoms with E-state index in [0.29, 0.717) is 11.9 Å². The lowest BCUT2D eigenvalue weighted by Gasteiger charge is -2.45. The number of allylic oxidation sites excluding steroid dienone is 3. The van der Waals surface area contributed by atoms with E-state index in [2.05, 4.69) is 36.5 Å². The molecule has 1 aromatic heterocycles. The molecule has 0 amide bonds. The summed E-state index contributed by atoms with van der Waals surface area (Å²) in [7, 11) is 3.21. The highest BCUT2D eigenvalue weighted by Gasteiger charge is 2.44. The van der Waals surface area contributed by atoms with Crippen LogP contribution in [0.2, 0.25) is 0 Å². The second-order valence-corrected chi connectivity index (χ2v) is 6.37. The molecule has 0 unspecified atom stereocenters. The van der Waals surface area contributed by atoms with Gasteiger partial charge in [-0.15, -0.1) is 6.58 Å². The first kappa shape index (κ1) is 17.5. The van der Waals surface area contributed by atoms with Gasteiger partial charge in [0.1, 0.15) is 0 Å². The van der Waals surface area contributed by atoms with Crippen molar-refractivity contribution >= 4 is 0 Å². The van der Waals surface area contributed by atoms with E-state index in [1.807, 2.05) is 6.07 Å². The Kier molecular flexibility index (Phi) is 5.80. The topological polar surface area (TPSA) is 44.2 Å². The number of ether oxygens (including phenoxy) is 2. The normalized spacial score (nSPS) is 21.8. The highest BCUT2D eigenvalue weighted by molar-refractivity contribution is 5.42. The molecule has 1 aliphatic rings. The minimum Gasteiger partial charge on any atom is -0.481 e. The highest BCUT2D eigenvalue weighted by Crippen LogP contribution is 2.52. The molecule has 1 fully saturated rings. The molecular formula is C19H28N2O2. The molecule has 4 heteroatoms. The van der Waals surface area contributed by atoms with Gasteiger partial charge in [0.05, 0.1) is 19.9 Å². The van der Waals surface area contributed by atoms with Crippen LogP contribution >= 0.6 is 0 Å². The predicted molar refractivity (Wildman–Crippen MR) is 93.1 cm³/mol. The minimum atomic E-state index is -0.0664. The van der Waals surface area contributed by atoms with Crippen LogP contribution in [0.15, 0.2) is 29.9 Å². The molecule has 1 aromatic rings. The molecule has 0 spiro atoms. The summed E-state index contributed by atoms with van der Waals surface area (Å²) in [5.41, 5.74) is 3.56. The molecule has 1 heterocycles. The van der Waals surface area contributed by atoms with Gasteiger partial charge in [-0.3, -0.25) is 0 Å². The van der Waals surface area contributed by atoms with Crippen molar-refractivity contribution in [1.82, 2.24) is 9.97 Å². The van der Waals surface area contributed by atoms with Crippen LogP contribution in [0.3, 0.4) is 0 Å². The quantitative estimate of drug-likeness (QED) is 0.519. The van der Waals surface area contributed by atoms with Crippen LogP contribution < -0.4 is 9.47 Å². The zero-order valence-corrected chi connectivity index (χ0v) is 14.8. The Balaban J connectivity index is 2.43. The van der Waals surface area contributed by atoms with Crippen molar-refractivity contribution in [3.8, 4) is 11.9 Å². The van der Waals surface area contributed by atoms with E-state index in [-0.39, 0.29) is 5.41 Å². The van der Waals surface area contributed by atoms with Crippen LogP contribution in [0.25, 0.3) is 0 Å². The molecule has 1 aliphatic carbocycles. The molecular weight excluding hydrogens is 288 g/mol. The molecule has 4 nitrogen and oxygen atoms in total. The molecule has 0 N–H and O–H groups in total. The Bertz CT molecular complexity index is 573. The van der Waals surface area contributed by atoms with Gasteiger partial charge in [-0.2, -0.15) is 9.97 Å². The average Bonchev–Trinajstić information content (AvgIpc) is 2.54. The molecule has 0 aliphatic heterocycles. The van der Waals surface area contributed by atoms with Gasteiger partial charge in [0.15, 0.2) is 0 Å². The summed E-state index contributed by atoms with van der Waals surface area (Å²) in [5, 5.41) is 0. The fraction of sp³-hybridized carbons (Fsp3) is 0.579. The van der Waals surface area contributed by atoms with Crippen molar-refractivity contribution in [1.29, 1.82) is 0 Å². The first-order chi connectivity index (χ1) is 11.1. The van der Waals surface area contributed by atoms with E-state index in [0.717, 1.165) is 31.4 Å². The van der Waals surface area contributed by atoms with Gasteiger partial charge < -0.3 is 9.47 Å². The summed E-state index contributed by atoms with van der Waals surface area (Å²) in [6.45, 7) is 8.44. The molecule has 0 radical (unpaired) electrons. The maximum Gasteiger partial charge on any atom is 0.319 e. The summed E-state index contributed by atoms with van der Waals surface area (Å²) in [6.07, 6.45) is 9.09. The van der Waals surface area contributed by atoms with Crippen molar-refractivity contribution in [2.24, 2.45) is 0 Å². The average molecular weight is 316 g/mol. The third-order valence-corrected chi connectivity index (χ3v) is 4.55. The second kappa shape index (κ2) is 7.62. The summed E-state index contributed by atoms with van der Waals surface area (Å²) < 4.78 is 10.6. The van der Waals surface area contributed by atoms with Crippen molar-refractivity contribution in [2.45, 2.75) is 57.8 Å². The molecule has 2 rings (SSSR count). The lowest BCUT2D eigenvalue weighted by molar-refractivity contribution is 0.316. The number of rotatable bonds is 8. The van der Waals surface area contributed by atoms with Gasteiger partial charge in [-0.1, -0.05) is 37.0 Å². The van der Waals surface area contributed by atoms with E-state index >= 15 is 0 Å². The SMILES string of the molecule is C=C(C)C[C@]1(c2cc(OC)nc(OC)n2)CC/C1=C/CCCC. The Labute approximate surface area is 139 Å². The smallest absolute Gasteiger partial charge is 0.319 e. The Hall–Kier alpha value is -1.84. The third-order valence-electron chi connectivity index (χ3n) is 4.55. The van der Waals surface area contributed by atoms with Gasteiger partial charge in [-0.25, -0.2) is 0 Å². The standard InChI is InChI=1S/C19H28N2O2/c1-6-7-8-9-15-10-11-19(15,13-14(2)3)16-12-17(22-4)21-18(20-16)23-5/h9,12H,2,6-8,10-11,13H2,1,3-5H3/b15-9-/t19-/m1/s1. The molecule has 0 aromatic carbocycles. The largest absolute Gasteiger partial charge is 0.481 e. The molecule has 0 saturated heterocycles. The van der Waals surface area contributed by atoms with Crippen LogP contribution in [-0.2, 0) is 5.41 Å². The monoisotopic (exact) mass is 316 g/mol. The molecule has 1 saturated carbocycles.